The van der Waals surface area contributed by atoms with E-state index in [1.54, 1.807) is 0 Å². The second kappa shape index (κ2) is 32.0. The number of ether oxygens (including phenoxy) is 10. The third kappa shape index (κ3) is 20.2. The standard InChI is InChI=1S/C57H67NO22/c1-5-48(61)73-27-29-75-50(63)25-19-40(59)31-34-7-9-35(10-8-34)52(65)77-41-20-22-45(43(32-41)56(69)71-3)79-54(67)36-11-13-37(14-12-36)55(68)80-46-23-21-42(33-44(46)57(70)72-4)78-53(66)38-15-17-39(18-16-38)58-47(60)24-26-51(64)76-30-28-74-49(62)6-2/h5-6,20-23,32-39H,1-2,7-19,24-31H2,3-4H3,(H,58,60). The molecule has 0 radical (unpaired) electrons. The predicted octanol–water partition coefficient (Wildman–Crippen LogP) is 5.93. The van der Waals surface area contributed by atoms with Crippen LogP contribution in [0, 0.1) is 29.6 Å². The highest BCUT2D eigenvalue weighted by Crippen LogP contribution is 2.36. The van der Waals surface area contributed by atoms with Crippen LogP contribution in [0.4, 0.5) is 0 Å². The maximum atomic E-state index is 13.4. The highest BCUT2D eigenvalue weighted by Gasteiger charge is 2.35. The van der Waals surface area contributed by atoms with Crippen molar-refractivity contribution in [3.05, 3.63) is 72.8 Å². The number of ketones is 1. The van der Waals surface area contributed by atoms with E-state index in [-0.39, 0.29) is 142 Å². The summed E-state index contributed by atoms with van der Waals surface area (Å²) in [6, 6.07) is 7.62. The van der Waals surface area contributed by atoms with Gasteiger partial charge in [-0.2, -0.15) is 0 Å². The second-order valence-electron chi connectivity index (χ2n) is 19.3. The Morgan fingerprint density at radius 3 is 1.26 bits per heavy atom. The Morgan fingerprint density at radius 2 is 0.850 bits per heavy atom. The lowest BCUT2D eigenvalue weighted by Gasteiger charge is -2.28. The molecule has 80 heavy (non-hydrogen) atoms. The summed E-state index contributed by atoms with van der Waals surface area (Å²) in [4.78, 5) is 150. The third-order valence-electron chi connectivity index (χ3n) is 13.8. The predicted molar refractivity (Wildman–Crippen MR) is 275 cm³/mol. The molecule has 5 rings (SSSR count). The van der Waals surface area contributed by atoms with Gasteiger partial charge in [-0.05, 0) is 119 Å². The number of amides is 1. The van der Waals surface area contributed by atoms with Crippen molar-refractivity contribution < 1.29 is 105 Å². The maximum absolute atomic E-state index is 13.4. The molecular weight excluding hydrogens is 1050 g/mol. The molecule has 0 bridgehead atoms. The van der Waals surface area contributed by atoms with Gasteiger partial charge in [0.15, 0.2) is 0 Å². The Balaban J connectivity index is 1.03. The molecular formula is C57H67NO22. The highest BCUT2D eigenvalue weighted by molar-refractivity contribution is 5.95. The summed E-state index contributed by atoms with van der Waals surface area (Å²) >= 11 is 0. The molecule has 1 N–H and O–H groups in total. The van der Waals surface area contributed by atoms with Gasteiger partial charge in [-0.15, -0.1) is 0 Å². The monoisotopic (exact) mass is 1120 g/mol. The molecule has 23 heteroatoms. The molecule has 1 amide bonds. The number of carbonyl (C=O) groups excluding carboxylic acids is 12. The summed E-state index contributed by atoms with van der Waals surface area (Å²) < 4.78 is 51.8. The average Bonchev–Trinajstić information content (AvgIpc) is 3.51. The zero-order chi connectivity index (χ0) is 58.1. The maximum Gasteiger partial charge on any atom is 0.341 e. The van der Waals surface area contributed by atoms with Crippen LogP contribution in [-0.2, 0) is 76.4 Å². The zero-order valence-electron chi connectivity index (χ0n) is 44.8. The van der Waals surface area contributed by atoms with E-state index in [0.717, 1.165) is 26.4 Å². The molecule has 0 saturated heterocycles. The van der Waals surface area contributed by atoms with Gasteiger partial charge in [-0.25, -0.2) is 19.2 Å². The zero-order valence-corrected chi connectivity index (χ0v) is 44.8. The number of esters is 10. The van der Waals surface area contributed by atoms with E-state index in [1.807, 2.05) is 0 Å². The third-order valence-corrected chi connectivity index (χ3v) is 13.8. The van der Waals surface area contributed by atoms with Crippen LogP contribution in [0.5, 0.6) is 23.0 Å². The van der Waals surface area contributed by atoms with Crippen molar-refractivity contribution in [2.24, 2.45) is 29.6 Å². The summed E-state index contributed by atoms with van der Waals surface area (Å²) in [7, 11) is 2.27. The first-order chi connectivity index (χ1) is 38.4. The van der Waals surface area contributed by atoms with E-state index in [2.05, 4.69) is 18.5 Å². The Morgan fingerprint density at radius 1 is 0.475 bits per heavy atom. The molecule has 0 aromatic heterocycles. The number of Topliss-reactive ketones (excluding diaryl/α,β-unsaturated/α-hetero) is 1. The molecule has 3 saturated carbocycles. The largest absolute Gasteiger partial charge is 0.465 e. The molecule has 3 fully saturated rings. The van der Waals surface area contributed by atoms with Gasteiger partial charge in [0.2, 0.25) is 5.91 Å². The number of hydrogen-bond acceptors (Lipinski definition) is 22. The number of methoxy groups -OCH3 is 2. The first kappa shape index (κ1) is 62.6. The van der Waals surface area contributed by atoms with Gasteiger partial charge in [-0.1, -0.05) is 13.2 Å². The number of hydrogen-bond donors (Lipinski definition) is 1. The van der Waals surface area contributed by atoms with Gasteiger partial charge in [-0.3, -0.25) is 38.4 Å². The SMILES string of the molecule is C=CC(=O)OCCOC(=O)CCC(=O)CC1CCC(C(=O)Oc2ccc(OC(=O)C3CCC(C(=O)Oc4ccc(OC(=O)C5CCC(NC(=O)CCC(=O)OCCOC(=O)C=C)CC5)cc4C(=O)OC)CC3)c(C(=O)OC)c2)CC1. The van der Waals surface area contributed by atoms with Gasteiger partial charge in [0, 0.05) is 37.5 Å². The van der Waals surface area contributed by atoms with Crippen LogP contribution in [0.1, 0.15) is 130 Å². The molecule has 0 aliphatic heterocycles. The van der Waals surface area contributed by atoms with Crippen molar-refractivity contribution >= 4 is 71.4 Å². The molecule has 3 aliphatic rings. The molecule has 0 spiro atoms. The van der Waals surface area contributed by atoms with Gasteiger partial charge in [0.1, 0.15) is 66.3 Å². The van der Waals surface area contributed by atoms with E-state index >= 15 is 0 Å². The van der Waals surface area contributed by atoms with E-state index in [9.17, 15) is 57.5 Å². The Kier molecular flexibility index (Phi) is 25.0. The topological polar surface area (TPSA) is 309 Å². The van der Waals surface area contributed by atoms with Crippen LogP contribution in [0.2, 0.25) is 0 Å². The Bertz CT molecular complexity index is 2440. The van der Waals surface area contributed by atoms with Crippen molar-refractivity contribution in [2.75, 3.05) is 40.6 Å². The number of carbonyl (C=O) groups is 12. The minimum atomic E-state index is -0.862. The van der Waals surface area contributed by atoms with E-state index < -0.39 is 83.4 Å². The first-order valence-corrected chi connectivity index (χ1v) is 26.4. The summed E-state index contributed by atoms with van der Waals surface area (Å²) in [5.41, 5.74) is -0.343. The van der Waals surface area contributed by atoms with Crippen LogP contribution in [0.25, 0.3) is 0 Å². The lowest BCUT2D eigenvalue weighted by molar-refractivity contribution is -0.150. The van der Waals surface area contributed by atoms with Crippen LogP contribution in [-0.4, -0.2) is 118 Å². The van der Waals surface area contributed by atoms with Crippen molar-refractivity contribution in [3.8, 4) is 23.0 Å². The number of rotatable bonds is 27. The first-order valence-electron chi connectivity index (χ1n) is 26.4. The van der Waals surface area contributed by atoms with Crippen LogP contribution >= 0.6 is 0 Å². The lowest BCUT2D eigenvalue weighted by Crippen LogP contribution is -2.39. The second-order valence-corrected chi connectivity index (χ2v) is 19.3. The molecule has 0 heterocycles. The summed E-state index contributed by atoms with van der Waals surface area (Å²) in [6.07, 6.45) is 6.45. The van der Waals surface area contributed by atoms with Gasteiger partial charge >= 0.3 is 59.7 Å². The van der Waals surface area contributed by atoms with Gasteiger partial charge in [0.05, 0.1) is 50.7 Å². The molecule has 0 atom stereocenters. The van der Waals surface area contributed by atoms with Crippen LogP contribution < -0.4 is 24.3 Å². The molecule has 23 nitrogen and oxygen atoms in total. The Labute approximate surface area is 461 Å². The van der Waals surface area contributed by atoms with E-state index in [1.165, 1.54) is 36.4 Å². The van der Waals surface area contributed by atoms with Crippen molar-refractivity contribution in [2.45, 2.75) is 115 Å². The molecule has 0 unspecified atom stereocenters. The van der Waals surface area contributed by atoms with Crippen LogP contribution in [0.15, 0.2) is 61.7 Å². The van der Waals surface area contributed by atoms with E-state index in [0.29, 0.717) is 51.4 Å². The van der Waals surface area contributed by atoms with Crippen molar-refractivity contribution in [1.82, 2.24) is 5.32 Å². The fourth-order valence-corrected chi connectivity index (χ4v) is 9.32. The molecule has 2 aromatic carbocycles. The van der Waals surface area contributed by atoms with Gasteiger partial charge < -0.3 is 52.7 Å². The van der Waals surface area contributed by atoms with Crippen LogP contribution in [0.3, 0.4) is 0 Å². The summed E-state index contributed by atoms with van der Waals surface area (Å²) in [5.74, 6) is -9.67. The van der Waals surface area contributed by atoms with Gasteiger partial charge in [0.25, 0.3) is 0 Å². The summed E-state index contributed by atoms with van der Waals surface area (Å²) in [5, 5.41) is 2.86. The molecule has 3 aliphatic carbocycles. The minimum Gasteiger partial charge on any atom is -0.465 e. The fourth-order valence-electron chi connectivity index (χ4n) is 9.32. The highest BCUT2D eigenvalue weighted by atomic mass is 16.6. The summed E-state index contributed by atoms with van der Waals surface area (Å²) in [6.45, 7) is 5.98. The minimum absolute atomic E-state index is 0.00319. The normalized spacial score (nSPS) is 19.4. The fraction of sp³-hybridized carbons (Fsp3) is 0.509. The van der Waals surface area contributed by atoms with Crippen molar-refractivity contribution in [1.29, 1.82) is 0 Å². The number of benzene rings is 2. The number of nitrogens with one attached hydrogen (secondary N) is 1. The molecule has 2 aromatic rings. The molecule has 432 valence electrons. The van der Waals surface area contributed by atoms with E-state index in [4.69, 9.17) is 47.4 Å². The average molecular weight is 1120 g/mol. The van der Waals surface area contributed by atoms with Crippen molar-refractivity contribution in [3.63, 3.8) is 0 Å². The smallest absolute Gasteiger partial charge is 0.341 e. The Hall–Kier alpha value is -8.24. The lowest BCUT2D eigenvalue weighted by atomic mass is 9.79. The quantitative estimate of drug-likeness (QED) is 0.0356.